The number of nitrogens with zero attached hydrogens (tertiary/aromatic N) is 5. The molecule has 2 aliphatic rings. The minimum atomic E-state index is 0.706. The monoisotopic (exact) mass is 385 g/mol. The average molecular weight is 386 g/mol. The number of hydrogen-bond donors (Lipinski definition) is 0. The molecule has 0 N–H and O–H groups in total. The maximum Gasteiger partial charge on any atom is 0.185 e. The number of aromatic nitrogens is 1. The fourth-order valence-electron chi connectivity index (χ4n) is 4.25. The lowest BCUT2D eigenvalue weighted by molar-refractivity contribution is 0.0893. The van der Waals surface area contributed by atoms with Gasteiger partial charge in [0.1, 0.15) is 0 Å². The van der Waals surface area contributed by atoms with Crippen LogP contribution in [-0.4, -0.2) is 74.2 Å². The number of thiazole rings is 1. The Kier molecular flexibility index (Phi) is 5.95. The lowest BCUT2D eigenvalue weighted by Crippen LogP contribution is -2.55. The Morgan fingerprint density at radius 1 is 1.07 bits per heavy atom. The third-order valence-corrected chi connectivity index (χ3v) is 6.89. The van der Waals surface area contributed by atoms with Gasteiger partial charge in [0.15, 0.2) is 5.13 Å². The van der Waals surface area contributed by atoms with E-state index in [4.69, 9.17) is 0 Å². The summed E-state index contributed by atoms with van der Waals surface area (Å²) >= 11 is 1.82. The van der Waals surface area contributed by atoms with Crippen molar-refractivity contribution in [3.05, 3.63) is 41.4 Å². The van der Waals surface area contributed by atoms with Gasteiger partial charge in [0, 0.05) is 76.2 Å². The second-order valence-corrected chi connectivity index (χ2v) is 8.99. The van der Waals surface area contributed by atoms with E-state index < -0.39 is 0 Å². The van der Waals surface area contributed by atoms with Crippen LogP contribution in [0.15, 0.2) is 36.5 Å². The van der Waals surface area contributed by atoms with Crippen LogP contribution < -0.4 is 9.80 Å². The van der Waals surface area contributed by atoms with Crippen LogP contribution in [0.5, 0.6) is 0 Å². The number of rotatable bonds is 5. The predicted octanol–water partition coefficient (Wildman–Crippen LogP) is 3.00. The molecule has 146 valence electrons. The highest BCUT2D eigenvalue weighted by Crippen LogP contribution is 2.25. The first-order chi connectivity index (χ1) is 13.2. The van der Waals surface area contributed by atoms with Crippen LogP contribution in [0.3, 0.4) is 0 Å². The first kappa shape index (κ1) is 18.7. The molecule has 1 atom stereocenters. The van der Waals surface area contributed by atoms with Crippen molar-refractivity contribution in [3.8, 4) is 0 Å². The zero-order valence-electron chi connectivity index (χ0n) is 16.5. The van der Waals surface area contributed by atoms with Crippen LogP contribution >= 0.6 is 11.3 Å². The molecule has 0 amide bonds. The number of likely N-dealkylation sites (tertiary alicyclic amines) is 1. The maximum atomic E-state index is 4.53. The molecule has 5 nitrogen and oxygen atoms in total. The van der Waals surface area contributed by atoms with Crippen LogP contribution in [0.2, 0.25) is 0 Å². The molecule has 0 radical (unpaired) electrons. The van der Waals surface area contributed by atoms with Gasteiger partial charge >= 0.3 is 0 Å². The van der Waals surface area contributed by atoms with E-state index in [0.29, 0.717) is 6.04 Å². The van der Waals surface area contributed by atoms with Gasteiger partial charge in [-0.3, -0.25) is 9.80 Å². The van der Waals surface area contributed by atoms with Crippen molar-refractivity contribution < 1.29 is 0 Å². The summed E-state index contributed by atoms with van der Waals surface area (Å²) in [6, 6.07) is 11.5. The van der Waals surface area contributed by atoms with Crippen LogP contribution in [0.25, 0.3) is 0 Å². The van der Waals surface area contributed by atoms with E-state index >= 15 is 0 Å². The van der Waals surface area contributed by atoms with Crippen LogP contribution in [0.4, 0.5) is 10.8 Å². The molecule has 2 fully saturated rings. The number of hydrogen-bond acceptors (Lipinski definition) is 6. The Morgan fingerprint density at radius 3 is 2.56 bits per heavy atom. The van der Waals surface area contributed by atoms with Gasteiger partial charge in [0.25, 0.3) is 0 Å². The summed E-state index contributed by atoms with van der Waals surface area (Å²) < 4.78 is 0. The largest absolute Gasteiger partial charge is 0.369 e. The van der Waals surface area contributed by atoms with Gasteiger partial charge in [0.2, 0.25) is 0 Å². The molecule has 6 heteroatoms. The van der Waals surface area contributed by atoms with Crippen molar-refractivity contribution in [2.45, 2.75) is 25.4 Å². The normalized spacial score (nSPS) is 22.1. The average Bonchev–Trinajstić information content (AvgIpc) is 3.18. The number of benzene rings is 1. The molecule has 0 bridgehead atoms. The SMILES string of the molecule is CN(C)c1ncc(CN2CCCC(N3CCN(c4ccccc4)CC3)C2)s1. The molecule has 0 saturated carbocycles. The molecule has 27 heavy (non-hydrogen) atoms. The summed E-state index contributed by atoms with van der Waals surface area (Å²) in [5.41, 5.74) is 1.37. The highest BCUT2D eigenvalue weighted by Gasteiger charge is 2.28. The summed E-state index contributed by atoms with van der Waals surface area (Å²) in [4.78, 5) is 15.9. The topological polar surface area (TPSA) is 25.9 Å². The highest BCUT2D eigenvalue weighted by atomic mass is 32.1. The predicted molar refractivity (Wildman–Crippen MR) is 115 cm³/mol. The van der Waals surface area contributed by atoms with Gasteiger partial charge in [-0.1, -0.05) is 18.2 Å². The lowest BCUT2D eigenvalue weighted by atomic mass is 10.0. The Balaban J connectivity index is 1.29. The van der Waals surface area contributed by atoms with E-state index in [1.54, 1.807) is 0 Å². The summed E-state index contributed by atoms with van der Waals surface area (Å²) in [7, 11) is 4.13. The lowest BCUT2D eigenvalue weighted by Gasteiger charge is -2.44. The van der Waals surface area contributed by atoms with Crippen molar-refractivity contribution in [2.24, 2.45) is 0 Å². The first-order valence-electron chi connectivity index (χ1n) is 10.1. The molecule has 1 unspecified atom stereocenters. The second kappa shape index (κ2) is 8.59. The Labute approximate surface area is 167 Å². The second-order valence-electron chi connectivity index (χ2n) is 7.89. The van der Waals surface area contributed by atoms with Gasteiger partial charge in [0.05, 0.1) is 0 Å². The molecule has 1 aromatic heterocycles. The van der Waals surface area contributed by atoms with Crippen molar-refractivity contribution >= 4 is 22.2 Å². The third-order valence-electron chi connectivity index (χ3n) is 5.74. The number of anilines is 2. The van der Waals surface area contributed by atoms with E-state index in [9.17, 15) is 0 Å². The Morgan fingerprint density at radius 2 is 1.85 bits per heavy atom. The third kappa shape index (κ3) is 4.62. The molecule has 0 aliphatic carbocycles. The van der Waals surface area contributed by atoms with Crippen LogP contribution in [0, 0.1) is 0 Å². The van der Waals surface area contributed by atoms with Gasteiger partial charge in [-0.15, -0.1) is 11.3 Å². The molecule has 3 heterocycles. The number of piperazine rings is 1. The summed E-state index contributed by atoms with van der Waals surface area (Å²) in [6.45, 7) is 8.10. The summed E-state index contributed by atoms with van der Waals surface area (Å²) in [5, 5.41) is 1.11. The van der Waals surface area contributed by atoms with Crippen molar-refractivity contribution in [3.63, 3.8) is 0 Å². The fraction of sp³-hybridized carbons (Fsp3) is 0.571. The Hall–Kier alpha value is -1.63. The van der Waals surface area contributed by atoms with E-state index in [2.05, 4.69) is 75.2 Å². The fourth-order valence-corrected chi connectivity index (χ4v) is 5.13. The van der Waals surface area contributed by atoms with Crippen molar-refractivity contribution in [1.29, 1.82) is 0 Å². The van der Waals surface area contributed by atoms with Crippen LogP contribution in [0.1, 0.15) is 17.7 Å². The number of piperidine rings is 1. The maximum absolute atomic E-state index is 4.53. The minimum absolute atomic E-state index is 0.706. The quantitative estimate of drug-likeness (QED) is 0.788. The molecule has 2 saturated heterocycles. The standard InChI is InChI=1S/C21H31N5S/c1-23(2)21-22-15-20(27-21)17-24-10-6-9-19(16-24)26-13-11-25(12-14-26)18-7-4-3-5-8-18/h3-5,7-8,15,19H,6,9-14,16-17H2,1-2H3. The smallest absolute Gasteiger partial charge is 0.185 e. The van der Waals surface area contributed by atoms with Crippen LogP contribution in [-0.2, 0) is 6.54 Å². The molecule has 0 spiro atoms. The molecule has 1 aromatic carbocycles. The van der Waals surface area contributed by atoms with Crippen molar-refractivity contribution in [1.82, 2.24) is 14.8 Å². The van der Waals surface area contributed by atoms with E-state index in [-0.39, 0.29) is 0 Å². The summed E-state index contributed by atoms with van der Waals surface area (Å²) in [6.07, 6.45) is 4.71. The van der Waals surface area contributed by atoms with Gasteiger partial charge in [-0.25, -0.2) is 4.98 Å². The van der Waals surface area contributed by atoms with Gasteiger partial charge in [-0.2, -0.15) is 0 Å². The highest BCUT2D eigenvalue weighted by molar-refractivity contribution is 7.15. The molecule has 2 aromatic rings. The molecular weight excluding hydrogens is 354 g/mol. The summed E-state index contributed by atoms with van der Waals surface area (Å²) in [5.74, 6) is 0. The molecule has 4 rings (SSSR count). The zero-order valence-corrected chi connectivity index (χ0v) is 17.4. The molecule has 2 aliphatic heterocycles. The minimum Gasteiger partial charge on any atom is -0.369 e. The molecular formula is C21H31N5S. The zero-order chi connectivity index (χ0) is 18.6. The Bertz CT molecular complexity index is 708. The van der Waals surface area contributed by atoms with Crippen molar-refractivity contribution in [2.75, 3.05) is 63.2 Å². The number of para-hydroxylation sites is 1. The first-order valence-corrected chi connectivity index (χ1v) is 10.9. The van der Waals surface area contributed by atoms with Gasteiger partial charge in [-0.05, 0) is 31.5 Å². The van der Waals surface area contributed by atoms with E-state index in [0.717, 1.165) is 24.8 Å². The van der Waals surface area contributed by atoms with Gasteiger partial charge < -0.3 is 9.80 Å². The van der Waals surface area contributed by atoms with E-state index in [1.807, 2.05) is 11.3 Å². The van der Waals surface area contributed by atoms with E-state index in [1.165, 1.54) is 49.6 Å².